The number of hydrogen-bond acceptors (Lipinski definition) is 5. The number of benzene rings is 1. The molecule has 0 spiro atoms. The molecule has 0 radical (unpaired) electrons. The van der Waals surface area contributed by atoms with Crippen LogP contribution >= 0.6 is 12.4 Å². The first-order valence-corrected chi connectivity index (χ1v) is 8.23. The van der Waals surface area contributed by atoms with Gasteiger partial charge in [0.1, 0.15) is 5.75 Å². The van der Waals surface area contributed by atoms with E-state index < -0.39 is 6.10 Å². The lowest BCUT2D eigenvalue weighted by Crippen LogP contribution is -2.35. The fourth-order valence-electron chi connectivity index (χ4n) is 2.91. The summed E-state index contributed by atoms with van der Waals surface area (Å²) in [7, 11) is 0. The smallest absolute Gasteiger partial charge is 0.241 e. The zero-order valence-electron chi connectivity index (χ0n) is 13.6. The third-order valence-corrected chi connectivity index (χ3v) is 4.37. The third kappa shape index (κ3) is 5.34. The maximum Gasteiger partial charge on any atom is 0.241 e. The van der Waals surface area contributed by atoms with Gasteiger partial charge in [-0.15, -0.1) is 12.4 Å². The van der Waals surface area contributed by atoms with Gasteiger partial charge in [-0.05, 0) is 49.4 Å². The van der Waals surface area contributed by atoms with Crippen molar-refractivity contribution in [1.29, 1.82) is 0 Å². The fourth-order valence-corrected chi connectivity index (χ4v) is 2.91. The first-order valence-electron chi connectivity index (χ1n) is 8.23. The van der Waals surface area contributed by atoms with Crippen LogP contribution in [0.15, 0.2) is 24.3 Å². The Bertz CT molecular complexity index is 520. The number of nitrogens with one attached hydrogen (secondary N) is 2. The molecule has 2 atom stereocenters. The van der Waals surface area contributed by atoms with Gasteiger partial charge in [0, 0.05) is 25.4 Å². The van der Waals surface area contributed by atoms with Crippen LogP contribution in [0.5, 0.6) is 5.75 Å². The molecule has 2 aliphatic rings. The molecule has 0 aromatic heterocycles. The number of aliphatic hydroxyl groups excluding tert-OH is 1. The molecule has 2 unspecified atom stereocenters. The van der Waals surface area contributed by atoms with E-state index >= 15 is 0 Å². The number of hydrogen-bond donors (Lipinski definition) is 3. The Labute approximate surface area is 148 Å². The standard InChI is InChI=1S/C17H24N2O4.ClH/c20-14-9-16(18-10-14)17(21)19-13-1-3-15(4-2-13)23-11-12-5-7-22-8-6-12;/h1-4,12,14,16,18,20H,5-11H2,(H,19,21);1H. The van der Waals surface area contributed by atoms with E-state index in [9.17, 15) is 9.90 Å². The highest BCUT2D eigenvalue weighted by molar-refractivity contribution is 5.95. The number of carbonyl (C=O) groups is 1. The minimum atomic E-state index is -0.438. The van der Waals surface area contributed by atoms with E-state index in [4.69, 9.17) is 9.47 Å². The van der Waals surface area contributed by atoms with Gasteiger partial charge < -0.3 is 25.2 Å². The van der Waals surface area contributed by atoms with Crippen molar-refractivity contribution in [2.45, 2.75) is 31.4 Å². The highest BCUT2D eigenvalue weighted by atomic mass is 35.5. The second kappa shape index (κ2) is 9.22. The van der Waals surface area contributed by atoms with E-state index in [1.807, 2.05) is 24.3 Å². The van der Waals surface area contributed by atoms with Gasteiger partial charge >= 0.3 is 0 Å². The summed E-state index contributed by atoms with van der Waals surface area (Å²) in [4.78, 5) is 12.0. The van der Waals surface area contributed by atoms with E-state index in [1.54, 1.807) is 0 Å². The van der Waals surface area contributed by atoms with Crippen molar-refractivity contribution in [2.75, 3.05) is 31.7 Å². The molecular weight excluding hydrogens is 332 g/mol. The van der Waals surface area contributed by atoms with Gasteiger partial charge in [0.05, 0.1) is 18.8 Å². The molecule has 1 aromatic carbocycles. The maximum atomic E-state index is 12.0. The topological polar surface area (TPSA) is 79.8 Å². The molecule has 134 valence electrons. The van der Waals surface area contributed by atoms with Crippen LogP contribution in [0.4, 0.5) is 5.69 Å². The number of aliphatic hydroxyl groups is 1. The summed E-state index contributed by atoms with van der Waals surface area (Å²) >= 11 is 0. The Hall–Kier alpha value is -1.34. The largest absolute Gasteiger partial charge is 0.493 e. The van der Waals surface area contributed by atoms with E-state index in [0.717, 1.165) is 37.5 Å². The molecule has 24 heavy (non-hydrogen) atoms. The average molecular weight is 357 g/mol. The van der Waals surface area contributed by atoms with Crippen LogP contribution in [0, 0.1) is 5.92 Å². The Morgan fingerprint density at radius 3 is 2.62 bits per heavy atom. The van der Waals surface area contributed by atoms with Gasteiger partial charge in [0.2, 0.25) is 5.91 Å². The quantitative estimate of drug-likeness (QED) is 0.746. The van der Waals surface area contributed by atoms with Gasteiger partial charge in [-0.1, -0.05) is 0 Å². The van der Waals surface area contributed by atoms with E-state index in [1.165, 1.54) is 0 Å². The van der Waals surface area contributed by atoms with Crippen LogP contribution < -0.4 is 15.4 Å². The molecule has 1 aromatic rings. The first-order chi connectivity index (χ1) is 11.2. The number of ether oxygens (including phenoxy) is 2. The first kappa shape index (κ1) is 19.0. The molecule has 3 rings (SSSR count). The molecule has 0 aliphatic carbocycles. The molecule has 2 saturated heterocycles. The molecule has 0 saturated carbocycles. The van der Waals surface area contributed by atoms with Crippen LogP contribution in [0.3, 0.4) is 0 Å². The number of anilines is 1. The van der Waals surface area contributed by atoms with Gasteiger partial charge in [0.15, 0.2) is 0 Å². The van der Waals surface area contributed by atoms with Gasteiger partial charge in [-0.25, -0.2) is 0 Å². The predicted molar refractivity (Wildman–Crippen MR) is 93.8 cm³/mol. The molecule has 3 N–H and O–H groups in total. The van der Waals surface area contributed by atoms with Crippen LogP contribution in [0.2, 0.25) is 0 Å². The lowest BCUT2D eigenvalue weighted by molar-refractivity contribution is -0.117. The second-order valence-corrected chi connectivity index (χ2v) is 6.23. The fraction of sp³-hybridized carbons (Fsp3) is 0.588. The maximum absolute atomic E-state index is 12.0. The van der Waals surface area contributed by atoms with E-state index in [-0.39, 0.29) is 24.4 Å². The highest BCUT2D eigenvalue weighted by Crippen LogP contribution is 2.20. The zero-order chi connectivity index (χ0) is 16.1. The van der Waals surface area contributed by atoms with Gasteiger partial charge in [-0.2, -0.15) is 0 Å². The summed E-state index contributed by atoms with van der Waals surface area (Å²) in [6.45, 7) is 2.82. The Balaban J connectivity index is 0.00000208. The lowest BCUT2D eigenvalue weighted by Gasteiger charge is -2.22. The number of β-amino-alcohol motifs (C(OH)–C–C–N with tert-alkyl or cyclic N) is 1. The third-order valence-electron chi connectivity index (χ3n) is 4.37. The second-order valence-electron chi connectivity index (χ2n) is 6.23. The lowest BCUT2D eigenvalue weighted by atomic mass is 10.0. The Morgan fingerprint density at radius 2 is 2.00 bits per heavy atom. The molecule has 2 fully saturated rings. The van der Waals surface area contributed by atoms with Crippen molar-refractivity contribution < 1.29 is 19.4 Å². The minimum Gasteiger partial charge on any atom is -0.493 e. The molecule has 1 amide bonds. The molecule has 6 nitrogen and oxygen atoms in total. The molecular formula is C17H25ClN2O4. The predicted octanol–water partition coefficient (Wildman–Crippen LogP) is 1.58. The van der Waals surface area contributed by atoms with Crippen molar-refractivity contribution in [3.63, 3.8) is 0 Å². The van der Waals surface area contributed by atoms with Crippen molar-refractivity contribution in [1.82, 2.24) is 5.32 Å². The average Bonchev–Trinajstić information content (AvgIpc) is 3.02. The molecule has 2 aliphatic heterocycles. The number of carbonyl (C=O) groups excluding carboxylic acids is 1. The molecule has 2 heterocycles. The number of halogens is 1. The summed E-state index contributed by atoms with van der Waals surface area (Å²) in [5.41, 5.74) is 0.733. The van der Waals surface area contributed by atoms with Crippen LogP contribution in [-0.2, 0) is 9.53 Å². The summed E-state index contributed by atoms with van der Waals surface area (Å²) in [6.07, 6.45) is 2.12. The van der Waals surface area contributed by atoms with Crippen molar-refractivity contribution in [3.05, 3.63) is 24.3 Å². The van der Waals surface area contributed by atoms with Crippen LogP contribution in [0.25, 0.3) is 0 Å². The van der Waals surface area contributed by atoms with Crippen LogP contribution in [-0.4, -0.2) is 49.5 Å². The van der Waals surface area contributed by atoms with E-state index in [2.05, 4.69) is 10.6 Å². The highest BCUT2D eigenvalue weighted by Gasteiger charge is 2.27. The van der Waals surface area contributed by atoms with Crippen molar-refractivity contribution in [2.24, 2.45) is 5.92 Å². The number of amides is 1. The summed E-state index contributed by atoms with van der Waals surface area (Å²) < 4.78 is 11.1. The van der Waals surface area contributed by atoms with E-state index in [0.29, 0.717) is 25.5 Å². The minimum absolute atomic E-state index is 0. The van der Waals surface area contributed by atoms with Gasteiger partial charge in [0.25, 0.3) is 0 Å². The van der Waals surface area contributed by atoms with Crippen LogP contribution in [0.1, 0.15) is 19.3 Å². The monoisotopic (exact) mass is 356 g/mol. The molecule has 0 bridgehead atoms. The Morgan fingerprint density at radius 1 is 1.29 bits per heavy atom. The normalized spacial score (nSPS) is 24.2. The van der Waals surface area contributed by atoms with Crippen molar-refractivity contribution >= 4 is 24.0 Å². The summed E-state index contributed by atoms with van der Waals surface area (Å²) in [5.74, 6) is 1.25. The summed E-state index contributed by atoms with van der Waals surface area (Å²) in [5, 5.41) is 15.3. The van der Waals surface area contributed by atoms with Gasteiger partial charge in [-0.3, -0.25) is 4.79 Å². The summed E-state index contributed by atoms with van der Waals surface area (Å²) in [6, 6.07) is 7.08. The molecule has 7 heteroatoms. The SMILES string of the molecule is Cl.O=C(Nc1ccc(OCC2CCOCC2)cc1)C1CC(O)CN1. The van der Waals surface area contributed by atoms with Crippen molar-refractivity contribution in [3.8, 4) is 5.75 Å². The number of rotatable bonds is 5. The zero-order valence-corrected chi connectivity index (χ0v) is 14.4. The Kier molecular flexibility index (Phi) is 7.30.